The van der Waals surface area contributed by atoms with Crippen molar-refractivity contribution in [3.8, 4) is 0 Å². The lowest BCUT2D eigenvalue weighted by atomic mass is 10.2. The van der Waals surface area contributed by atoms with Gasteiger partial charge in [0.05, 0.1) is 73.0 Å². The van der Waals surface area contributed by atoms with Crippen LogP contribution in [-0.4, -0.2) is 163 Å². The molecular formula is C48H60N15O32P9. The number of imidazole rings is 3. The van der Waals surface area contributed by atoms with Crippen LogP contribution in [0.25, 0.3) is 33.5 Å². The number of hydrogen-bond donors (Lipinski definition) is 14. The summed E-state index contributed by atoms with van der Waals surface area (Å²) in [5.41, 5.74) is 19.5. The summed E-state index contributed by atoms with van der Waals surface area (Å²) in [6.07, 6.45) is 2.02. The molecule has 14 atom stereocenters. The van der Waals surface area contributed by atoms with E-state index in [1.165, 1.54) is 120 Å². The fraction of sp³-hybridized carbons (Fsp3) is 0.312. The number of phosphoric acid groups is 6. The molecule has 104 heavy (non-hydrogen) atoms. The van der Waals surface area contributed by atoms with Crippen LogP contribution in [-0.2, 0) is 94.7 Å². The zero-order valence-electron chi connectivity index (χ0n) is 52.3. The summed E-state index contributed by atoms with van der Waals surface area (Å²) in [4.78, 5) is 119. The van der Waals surface area contributed by atoms with Gasteiger partial charge in [0.2, 0.25) is 0 Å². The Balaban J connectivity index is 0.000000167. The molecule has 17 N–H and O–H groups in total. The molecule has 12 rings (SSSR count). The first-order chi connectivity index (χ1) is 48.7. The number of ether oxygens (including phenoxy) is 3. The molecule has 0 radical (unpaired) electrons. The number of nitrogens with two attached hydrogens (primary N) is 3. The number of fused-ring (bicyclic) bond motifs is 3. The minimum atomic E-state index is -5.55. The van der Waals surface area contributed by atoms with Crippen molar-refractivity contribution >= 4 is 137 Å². The summed E-state index contributed by atoms with van der Waals surface area (Å²) in [7, 11) is -46.9. The Hall–Kier alpha value is -6.14. The molecule has 14 unspecified atom stereocenters. The largest absolute Gasteiger partial charge is 0.488 e. The topological polar surface area (TPSA) is 696 Å². The molecule has 6 aromatic heterocycles. The van der Waals surface area contributed by atoms with Gasteiger partial charge in [0, 0.05) is 12.8 Å². The number of rotatable bonds is 27. The van der Waals surface area contributed by atoms with Crippen LogP contribution in [0.15, 0.2) is 129 Å². The highest BCUT2D eigenvalue weighted by Gasteiger charge is 2.48. The van der Waals surface area contributed by atoms with Crippen molar-refractivity contribution in [1.82, 2.24) is 58.6 Å². The second-order valence-corrected chi connectivity index (χ2v) is 36.7. The third-order valence-corrected chi connectivity index (χ3v) is 28.6. The first-order valence-electron chi connectivity index (χ1n) is 29.1. The molecule has 56 heteroatoms. The van der Waals surface area contributed by atoms with E-state index in [0.29, 0.717) is 46.3 Å². The standard InChI is InChI=1S/2C16H20N5O11P3.C16H20N5O10P3/c17-14-13-15(19-8-18-14)21(9-20-13)16-12(22)6-10(30-16)7-29-33(23,11-4-2-1-3-5-11)31-35(27,28)32-34(24,25)26;17-15-14-16(19-8-18-15)21(9-20-14)13-6-11(22)12(30-13)7-29-33(23,10-4-2-1-3-5-10)31-35(27,28)32-34(24,25)26;17-15-14-16(19-9-18-15)21(10-20-14)13-7-6-11(29-13)8-28-32(22,12-4-2-1-3-5-12)30-34(26,27)31-33(23,24)25/h1-5,8-10,12,16,22H,6-7H2,(H,27,28)(H2,17,18,19)(H2,24,25,26);1-5,8-9,11-13,22H,6-7H2,(H,27,28)(H2,17,18,19)(H2,24,25,26);1-5,9-11,13H,6-8H2,(H,26,27)(H2,17,18,19)(H2,23,24,25). The Kier molecular flexibility index (Phi) is 25.0. The Morgan fingerprint density at radius 2 is 0.750 bits per heavy atom. The molecule has 564 valence electrons. The Morgan fingerprint density at radius 1 is 0.394 bits per heavy atom. The molecule has 0 aliphatic carbocycles. The molecule has 0 amide bonds. The second kappa shape index (κ2) is 32.4. The first kappa shape index (κ1) is 80.4. The number of aliphatic hydroxyl groups is 2. The lowest BCUT2D eigenvalue weighted by Crippen LogP contribution is -2.27. The molecule has 3 aliphatic rings. The van der Waals surface area contributed by atoms with Crippen molar-refractivity contribution in [2.45, 2.75) is 74.9 Å². The van der Waals surface area contributed by atoms with Gasteiger partial charge in [-0.1, -0.05) is 54.6 Å². The fourth-order valence-electron chi connectivity index (χ4n) is 10.0. The quantitative estimate of drug-likeness (QED) is 0.0328. The van der Waals surface area contributed by atoms with E-state index >= 15 is 0 Å². The lowest BCUT2D eigenvalue weighted by Gasteiger charge is -2.23. The van der Waals surface area contributed by atoms with E-state index in [0.717, 1.165) is 0 Å². The van der Waals surface area contributed by atoms with Gasteiger partial charge in [0.25, 0.3) is 0 Å². The minimum Gasteiger partial charge on any atom is -0.390 e. The van der Waals surface area contributed by atoms with Crippen LogP contribution in [0.5, 0.6) is 0 Å². The van der Waals surface area contributed by atoms with Crippen molar-refractivity contribution in [1.29, 1.82) is 0 Å². The predicted molar refractivity (Wildman–Crippen MR) is 352 cm³/mol. The maximum absolute atomic E-state index is 13.4. The zero-order chi connectivity index (χ0) is 75.4. The first-order valence-corrected chi connectivity index (χ1v) is 42.8. The molecule has 3 aliphatic heterocycles. The van der Waals surface area contributed by atoms with Gasteiger partial charge in [-0.05, 0) is 49.2 Å². The molecular weight excluding hydrogens is 1580 g/mol. The normalized spacial score (nSPS) is 23.7. The molecule has 9 aromatic rings. The zero-order valence-corrected chi connectivity index (χ0v) is 60.4. The SMILES string of the molecule is Nc1ncnc2c1ncn2C1CC(O)C(COP(=O)(OP(=O)(O)OP(=O)(O)O)c2ccccc2)O1.Nc1ncnc2c1ncn2C1CCC(COP(=O)(OP(=O)(O)OP(=O)(O)O)c2ccccc2)O1.Nc1ncnc2c1ncn2C1OC(COP(=O)(OP(=O)(O)OP(=O)(O)O)c2ccccc2)CC1O. The summed E-state index contributed by atoms with van der Waals surface area (Å²) in [5.74, 6) is 0.501. The van der Waals surface area contributed by atoms with Gasteiger partial charge in [0.15, 0.2) is 40.6 Å². The van der Waals surface area contributed by atoms with Crippen LogP contribution in [0.1, 0.15) is 44.4 Å². The minimum absolute atomic E-state index is 0.00450. The van der Waals surface area contributed by atoms with E-state index in [1.54, 1.807) is 22.8 Å². The van der Waals surface area contributed by atoms with Crippen LogP contribution < -0.4 is 33.1 Å². The molecule has 0 spiro atoms. The predicted octanol–water partition coefficient (Wildman–Crippen LogP) is 3.48. The summed E-state index contributed by atoms with van der Waals surface area (Å²) >= 11 is 0. The number of hydrogen-bond acceptors (Lipinski definition) is 35. The van der Waals surface area contributed by atoms with Crippen molar-refractivity contribution in [3.63, 3.8) is 0 Å². The number of aromatic nitrogens is 12. The maximum atomic E-state index is 13.4. The van der Waals surface area contributed by atoms with E-state index in [4.69, 9.17) is 74.3 Å². The van der Waals surface area contributed by atoms with Gasteiger partial charge in [-0.15, -0.1) is 0 Å². The molecule has 9 heterocycles. The third kappa shape index (κ3) is 20.8. The summed E-state index contributed by atoms with van der Waals surface area (Å²) < 4.78 is 173. The van der Waals surface area contributed by atoms with Gasteiger partial charge < -0.3 is 99.2 Å². The Labute approximate surface area is 582 Å². The monoisotopic (exact) mass is 1640 g/mol. The summed E-state index contributed by atoms with van der Waals surface area (Å²) in [5, 5.41) is 20.5. The Morgan fingerprint density at radius 3 is 1.14 bits per heavy atom. The molecule has 0 saturated carbocycles. The van der Waals surface area contributed by atoms with E-state index in [2.05, 4.69) is 70.7 Å². The van der Waals surface area contributed by atoms with Crippen molar-refractivity contribution < 1.29 is 149 Å². The number of aliphatic hydroxyl groups excluding tert-OH is 2. The van der Waals surface area contributed by atoms with Crippen LogP contribution >= 0.6 is 69.7 Å². The fourth-order valence-corrected chi connectivity index (χ4v) is 22.5. The molecule has 0 bridgehead atoms. The van der Waals surface area contributed by atoms with Gasteiger partial charge in [-0.3, -0.25) is 27.4 Å². The number of nitrogen functional groups attached to an aromatic ring is 3. The highest BCUT2D eigenvalue weighted by atomic mass is 31.3. The van der Waals surface area contributed by atoms with Gasteiger partial charge in [-0.25, -0.2) is 85.2 Å². The van der Waals surface area contributed by atoms with Gasteiger partial charge in [0.1, 0.15) is 60.2 Å². The lowest BCUT2D eigenvalue weighted by molar-refractivity contribution is -0.0463. The van der Waals surface area contributed by atoms with Crippen molar-refractivity contribution in [2.24, 2.45) is 0 Å². The number of benzene rings is 3. The van der Waals surface area contributed by atoms with Gasteiger partial charge >= 0.3 is 69.7 Å². The van der Waals surface area contributed by atoms with Crippen LogP contribution in [0.2, 0.25) is 0 Å². The average Bonchev–Trinajstić information content (AvgIpc) is 1.61. The Bertz CT molecular complexity index is 4980. The average molecular weight is 1640 g/mol. The summed E-state index contributed by atoms with van der Waals surface area (Å²) in [6.45, 7) is -1.43. The molecule has 3 saturated heterocycles. The van der Waals surface area contributed by atoms with E-state index < -0.39 is 132 Å². The smallest absolute Gasteiger partial charge is 0.390 e. The van der Waals surface area contributed by atoms with Crippen LogP contribution in [0, 0.1) is 0 Å². The van der Waals surface area contributed by atoms with Crippen LogP contribution in [0.4, 0.5) is 17.5 Å². The number of anilines is 3. The molecule has 3 aromatic carbocycles. The highest BCUT2D eigenvalue weighted by molar-refractivity contribution is 7.73. The van der Waals surface area contributed by atoms with Crippen LogP contribution in [0.3, 0.4) is 0 Å². The van der Waals surface area contributed by atoms with Crippen molar-refractivity contribution in [2.75, 3.05) is 37.0 Å². The van der Waals surface area contributed by atoms with Gasteiger partial charge in [-0.2, -0.15) is 12.9 Å². The highest BCUT2D eigenvalue weighted by Crippen LogP contribution is 2.70. The summed E-state index contributed by atoms with van der Waals surface area (Å²) in [6, 6.07) is 21.0. The number of nitrogens with zero attached hydrogens (tertiary/aromatic N) is 12. The van der Waals surface area contributed by atoms with E-state index in [1.807, 2.05) is 0 Å². The third-order valence-electron chi connectivity index (χ3n) is 14.3. The molecule has 47 nitrogen and oxygen atoms in total. The molecule has 3 fully saturated rings. The van der Waals surface area contributed by atoms with E-state index in [-0.39, 0.29) is 52.8 Å². The van der Waals surface area contributed by atoms with E-state index in [9.17, 15) is 66.0 Å². The second-order valence-electron chi connectivity index (χ2n) is 21.7. The maximum Gasteiger partial charge on any atom is 0.488 e. The van der Waals surface area contributed by atoms with Crippen molar-refractivity contribution in [3.05, 3.63) is 129 Å².